The van der Waals surface area contributed by atoms with Gasteiger partial charge in [-0.15, -0.1) is 0 Å². The highest BCUT2D eigenvalue weighted by Crippen LogP contribution is 2.41. The van der Waals surface area contributed by atoms with Crippen molar-refractivity contribution in [2.45, 2.75) is 38.6 Å². The smallest absolute Gasteiger partial charge is 0.372 e. The number of hydrogen-bond donors (Lipinski definition) is 2. The Balaban J connectivity index is 2.30. The number of benzene rings is 1. The summed E-state index contributed by atoms with van der Waals surface area (Å²) < 4.78 is 16.0. The van der Waals surface area contributed by atoms with Crippen LogP contribution < -0.4 is 4.74 Å². The van der Waals surface area contributed by atoms with Crippen LogP contribution in [0.2, 0.25) is 0 Å². The van der Waals surface area contributed by atoms with E-state index in [0.29, 0.717) is 23.3 Å². The highest BCUT2D eigenvalue weighted by atomic mass is 16.6. The van der Waals surface area contributed by atoms with Crippen molar-refractivity contribution in [3.8, 4) is 11.5 Å². The predicted octanol–water partition coefficient (Wildman–Crippen LogP) is 1.67. The third-order valence-electron chi connectivity index (χ3n) is 3.63. The number of ether oxygens (including phenoxy) is 3. The van der Waals surface area contributed by atoms with Crippen LogP contribution in [0.3, 0.4) is 0 Å². The molecule has 0 aromatic heterocycles. The lowest BCUT2D eigenvalue weighted by molar-refractivity contribution is -0.144. The van der Waals surface area contributed by atoms with Gasteiger partial charge in [-0.1, -0.05) is 0 Å². The second-order valence-corrected chi connectivity index (χ2v) is 5.69. The third-order valence-corrected chi connectivity index (χ3v) is 3.63. The summed E-state index contributed by atoms with van der Waals surface area (Å²) in [5, 5.41) is 19.3. The Morgan fingerprint density at radius 1 is 1.50 bits per heavy atom. The van der Waals surface area contributed by atoms with Crippen molar-refractivity contribution in [2.75, 3.05) is 7.11 Å². The van der Waals surface area contributed by atoms with Crippen molar-refractivity contribution in [2.24, 2.45) is 0 Å². The minimum absolute atomic E-state index is 0.0279. The van der Waals surface area contributed by atoms with Gasteiger partial charge in [0.2, 0.25) is 0 Å². The quantitative estimate of drug-likeness (QED) is 0.500. The maximum absolute atomic E-state index is 11.4. The fourth-order valence-electron chi connectivity index (χ4n) is 2.39. The van der Waals surface area contributed by atoms with E-state index < -0.39 is 17.7 Å². The lowest BCUT2D eigenvalue weighted by atomic mass is 9.89. The fraction of sp³-hybridized carbons (Fsp3) is 0.438. The second kappa shape index (κ2) is 5.88. The van der Waals surface area contributed by atoms with Crippen LogP contribution in [0.1, 0.15) is 25.0 Å². The van der Waals surface area contributed by atoms with E-state index in [1.165, 1.54) is 13.2 Å². The number of hydrogen-bond acceptors (Lipinski definition) is 6. The summed E-state index contributed by atoms with van der Waals surface area (Å²) in [5.74, 6) is -0.408. The number of rotatable bonds is 4. The van der Waals surface area contributed by atoms with E-state index >= 15 is 0 Å². The van der Waals surface area contributed by atoms with Crippen LogP contribution in [-0.4, -0.2) is 35.0 Å². The van der Waals surface area contributed by atoms with Crippen molar-refractivity contribution in [1.82, 2.24) is 0 Å². The summed E-state index contributed by atoms with van der Waals surface area (Å²) in [4.78, 5) is 11.4. The minimum Gasteiger partial charge on any atom is -0.504 e. The molecule has 2 N–H and O–H groups in total. The molecule has 0 amide bonds. The maximum atomic E-state index is 11.4. The van der Waals surface area contributed by atoms with Crippen molar-refractivity contribution >= 4 is 5.97 Å². The molecule has 1 unspecified atom stereocenters. The minimum atomic E-state index is -0.776. The van der Waals surface area contributed by atoms with Crippen molar-refractivity contribution in [1.29, 1.82) is 0 Å². The van der Waals surface area contributed by atoms with E-state index in [1.807, 2.05) is 0 Å². The molecule has 1 aliphatic rings. The van der Waals surface area contributed by atoms with Crippen LogP contribution in [0.25, 0.3) is 0 Å². The van der Waals surface area contributed by atoms with Crippen LogP contribution in [-0.2, 0) is 27.3 Å². The van der Waals surface area contributed by atoms with Gasteiger partial charge in [0, 0.05) is 12.0 Å². The second-order valence-electron chi connectivity index (χ2n) is 5.69. The van der Waals surface area contributed by atoms with Gasteiger partial charge in [-0.25, -0.2) is 4.79 Å². The third kappa shape index (κ3) is 3.01. The Kier molecular flexibility index (Phi) is 4.32. The highest BCUT2D eigenvalue weighted by Gasteiger charge is 2.40. The van der Waals surface area contributed by atoms with Gasteiger partial charge in [-0.05, 0) is 38.1 Å². The monoisotopic (exact) mass is 308 g/mol. The summed E-state index contributed by atoms with van der Waals surface area (Å²) in [6.07, 6.45) is -0.0836. The molecule has 6 heteroatoms. The molecule has 0 saturated carbocycles. The molecule has 0 aliphatic carbocycles. The molecule has 2 rings (SSSR count). The van der Waals surface area contributed by atoms with E-state index in [-0.39, 0.29) is 18.1 Å². The maximum Gasteiger partial charge on any atom is 0.372 e. The molecule has 1 aromatic carbocycles. The van der Waals surface area contributed by atoms with E-state index in [2.05, 4.69) is 11.3 Å². The molecule has 0 bridgehead atoms. The Labute approximate surface area is 128 Å². The average Bonchev–Trinajstić information content (AvgIpc) is 2.47. The highest BCUT2D eigenvalue weighted by molar-refractivity contribution is 5.85. The summed E-state index contributed by atoms with van der Waals surface area (Å²) in [6.45, 7) is 6.95. The van der Waals surface area contributed by atoms with Gasteiger partial charge in [0.1, 0.15) is 11.7 Å². The number of esters is 1. The van der Waals surface area contributed by atoms with Gasteiger partial charge < -0.3 is 24.4 Å². The van der Waals surface area contributed by atoms with E-state index in [1.54, 1.807) is 19.9 Å². The Hall–Kier alpha value is -2.21. The Morgan fingerprint density at radius 3 is 2.77 bits per heavy atom. The van der Waals surface area contributed by atoms with Gasteiger partial charge in [0.15, 0.2) is 17.3 Å². The zero-order valence-corrected chi connectivity index (χ0v) is 12.9. The number of phenolic OH excluding ortho intramolecular Hbond substituents is 1. The molecule has 22 heavy (non-hydrogen) atoms. The van der Waals surface area contributed by atoms with Gasteiger partial charge in [-0.2, -0.15) is 0 Å². The first-order chi connectivity index (χ1) is 10.3. The molecule has 120 valence electrons. The van der Waals surface area contributed by atoms with Crippen molar-refractivity contribution < 1.29 is 29.2 Å². The summed E-state index contributed by atoms with van der Waals surface area (Å²) in [7, 11) is 1.25. The standard InChI is InChI=1S/C16H20O6/c1-9(15(19)20-4)21-13-7-11-5-10(8-17)6-12(18)14(11)22-16(13,2)3/h5-6,13,17-18H,1,7-8H2,2-4H3. The van der Waals surface area contributed by atoms with Gasteiger partial charge >= 0.3 is 5.97 Å². The van der Waals surface area contributed by atoms with Crippen LogP contribution in [0.5, 0.6) is 11.5 Å². The Morgan fingerprint density at radius 2 is 2.18 bits per heavy atom. The summed E-state index contributed by atoms with van der Waals surface area (Å²) in [6, 6.07) is 3.20. The lowest BCUT2D eigenvalue weighted by Crippen LogP contribution is -2.48. The molecule has 0 fully saturated rings. The number of methoxy groups -OCH3 is 1. The molecule has 1 aliphatic heterocycles. The number of carbonyl (C=O) groups is 1. The van der Waals surface area contributed by atoms with Crippen molar-refractivity contribution in [3.63, 3.8) is 0 Å². The normalized spacial score (nSPS) is 18.8. The summed E-state index contributed by atoms with van der Waals surface area (Å²) >= 11 is 0. The lowest BCUT2D eigenvalue weighted by Gasteiger charge is -2.40. The SMILES string of the molecule is C=C(OC1Cc2cc(CO)cc(O)c2OC1(C)C)C(=O)OC. The molecule has 1 heterocycles. The molecule has 0 spiro atoms. The topological polar surface area (TPSA) is 85.2 Å². The van der Waals surface area contributed by atoms with Gasteiger partial charge in [0.25, 0.3) is 0 Å². The van der Waals surface area contributed by atoms with Gasteiger partial charge in [0.05, 0.1) is 13.7 Å². The average molecular weight is 308 g/mol. The summed E-state index contributed by atoms with van der Waals surface area (Å²) in [5.41, 5.74) is 0.499. The first kappa shape index (κ1) is 16.2. The van der Waals surface area contributed by atoms with Crippen LogP contribution in [0.4, 0.5) is 0 Å². The van der Waals surface area contributed by atoms with Crippen LogP contribution >= 0.6 is 0 Å². The zero-order chi connectivity index (χ0) is 16.5. The fourth-order valence-corrected chi connectivity index (χ4v) is 2.39. The largest absolute Gasteiger partial charge is 0.504 e. The number of phenols is 1. The molecular formula is C16H20O6. The molecule has 1 atom stereocenters. The van der Waals surface area contributed by atoms with Crippen molar-refractivity contribution in [3.05, 3.63) is 35.6 Å². The molecular weight excluding hydrogens is 288 g/mol. The first-order valence-corrected chi connectivity index (χ1v) is 6.87. The number of aliphatic hydroxyl groups excluding tert-OH is 1. The number of aliphatic hydroxyl groups is 1. The Bertz CT molecular complexity index is 605. The van der Waals surface area contributed by atoms with Gasteiger partial charge in [-0.3, -0.25) is 0 Å². The number of fused-ring (bicyclic) bond motifs is 1. The van der Waals surface area contributed by atoms with Crippen LogP contribution in [0.15, 0.2) is 24.5 Å². The van der Waals surface area contributed by atoms with E-state index in [4.69, 9.17) is 9.47 Å². The van der Waals surface area contributed by atoms with Crippen LogP contribution in [0, 0.1) is 0 Å². The first-order valence-electron chi connectivity index (χ1n) is 6.87. The molecule has 6 nitrogen and oxygen atoms in total. The number of carbonyl (C=O) groups excluding carboxylic acids is 1. The molecule has 0 saturated heterocycles. The molecule has 0 radical (unpaired) electrons. The van der Waals surface area contributed by atoms with E-state index in [0.717, 1.165) is 0 Å². The molecule has 1 aromatic rings. The zero-order valence-electron chi connectivity index (χ0n) is 12.9. The number of aromatic hydroxyl groups is 1. The van der Waals surface area contributed by atoms with E-state index in [9.17, 15) is 15.0 Å². The predicted molar refractivity (Wildman–Crippen MR) is 78.5 cm³/mol.